The Morgan fingerprint density at radius 2 is 1.81 bits per heavy atom. The molecule has 0 heterocycles. The summed E-state index contributed by atoms with van der Waals surface area (Å²) in [5.74, 6) is 1.01. The maximum absolute atomic E-state index is 12.9. The van der Waals surface area contributed by atoms with Gasteiger partial charge in [0.25, 0.3) is 0 Å². The Kier molecular flexibility index (Phi) is 6.22. The van der Waals surface area contributed by atoms with Crippen LogP contribution >= 0.6 is 0 Å². The number of likely N-dealkylation sites (N-methyl/N-ethyl adjacent to an activating group) is 1. The van der Waals surface area contributed by atoms with E-state index in [0.717, 1.165) is 48.0 Å². The highest BCUT2D eigenvalue weighted by atomic mass is 16.5. The average molecular weight is 364 g/mol. The molecule has 2 aromatic carbocycles. The molecule has 5 heteroatoms. The van der Waals surface area contributed by atoms with E-state index in [2.05, 4.69) is 34.5 Å². The molecule has 27 heavy (non-hydrogen) atoms. The lowest BCUT2D eigenvalue weighted by atomic mass is 9.93. The van der Waals surface area contributed by atoms with Gasteiger partial charge in [0.15, 0.2) is 0 Å². The minimum atomic E-state index is -0.350. The van der Waals surface area contributed by atoms with Crippen molar-refractivity contribution in [1.29, 1.82) is 0 Å². The van der Waals surface area contributed by atoms with E-state index in [1.165, 1.54) is 0 Å². The third-order valence-corrected chi connectivity index (χ3v) is 5.65. The zero-order chi connectivity index (χ0) is 19.3. The van der Waals surface area contributed by atoms with Gasteiger partial charge in [-0.25, -0.2) is 0 Å². The molecular formula is C22H29BN2O2. The molecule has 0 unspecified atom stereocenters. The highest BCUT2D eigenvalue weighted by Crippen LogP contribution is 2.34. The largest absolute Gasteiger partial charge is 0.489 e. The Labute approximate surface area is 163 Å². The zero-order valence-electron chi connectivity index (χ0n) is 16.6. The molecule has 0 saturated heterocycles. The quantitative estimate of drug-likeness (QED) is 0.765. The number of ether oxygens (including phenoxy) is 1. The third-order valence-electron chi connectivity index (χ3n) is 5.65. The van der Waals surface area contributed by atoms with E-state index in [0.29, 0.717) is 13.2 Å². The van der Waals surface area contributed by atoms with Gasteiger partial charge in [0.05, 0.1) is 5.54 Å². The molecule has 4 nitrogen and oxygen atoms in total. The number of carbonyl (C=O) groups excluding carboxylic acids is 1. The van der Waals surface area contributed by atoms with Gasteiger partial charge in [-0.1, -0.05) is 55.3 Å². The molecular weight excluding hydrogens is 335 g/mol. The molecule has 0 aromatic heterocycles. The second-order valence-corrected chi connectivity index (χ2v) is 7.69. The number of nitrogens with zero attached hydrogens (tertiary/aromatic N) is 1. The molecule has 3 rings (SSSR count). The van der Waals surface area contributed by atoms with Crippen molar-refractivity contribution >= 4 is 19.2 Å². The van der Waals surface area contributed by atoms with Crippen LogP contribution in [0.5, 0.6) is 5.75 Å². The van der Waals surface area contributed by atoms with Gasteiger partial charge in [-0.3, -0.25) is 9.69 Å². The Bertz CT molecular complexity index is 771. The minimum absolute atomic E-state index is 0.136. The Morgan fingerprint density at radius 1 is 1.11 bits per heavy atom. The summed E-state index contributed by atoms with van der Waals surface area (Å²) in [5, 5.41) is 3.15. The van der Waals surface area contributed by atoms with Crippen LogP contribution in [-0.2, 0) is 17.9 Å². The molecule has 142 valence electrons. The first kappa shape index (κ1) is 19.5. The van der Waals surface area contributed by atoms with Crippen molar-refractivity contribution in [2.45, 2.75) is 44.4 Å². The summed E-state index contributed by atoms with van der Waals surface area (Å²) in [6, 6.07) is 16.3. The Hall–Kier alpha value is -2.27. The van der Waals surface area contributed by atoms with Crippen LogP contribution in [0.3, 0.4) is 0 Å². The first-order chi connectivity index (χ1) is 13.0. The summed E-state index contributed by atoms with van der Waals surface area (Å²) < 4.78 is 6.01. The predicted octanol–water partition coefficient (Wildman–Crippen LogP) is 2.01. The van der Waals surface area contributed by atoms with Crippen molar-refractivity contribution in [3.63, 3.8) is 0 Å². The van der Waals surface area contributed by atoms with Gasteiger partial charge >= 0.3 is 0 Å². The van der Waals surface area contributed by atoms with E-state index in [1.807, 2.05) is 46.2 Å². The SMILES string of the molecule is Bc1ccc(CNC(=O)C2(N(C)C)CCCC2)cc1OCc1ccccc1. The van der Waals surface area contributed by atoms with Crippen LogP contribution in [-0.4, -0.2) is 38.3 Å². The minimum Gasteiger partial charge on any atom is -0.489 e. The normalized spacial score (nSPS) is 15.7. The fraction of sp³-hybridized carbons (Fsp3) is 0.409. The molecule has 0 atom stereocenters. The number of benzene rings is 2. The molecule has 1 amide bonds. The van der Waals surface area contributed by atoms with Gasteiger partial charge < -0.3 is 10.1 Å². The lowest BCUT2D eigenvalue weighted by Crippen LogP contribution is -2.54. The van der Waals surface area contributed by atoms with Crippen molar-refractivity contribution in [2.75, 3.05) is 14.1 Å². The fourth-order valence-corrected chi connectivity index (χ4v) is 3.83. The maximum atomic E-state index is 12.9. The number of hydrogen-bond acceptors (Lipinski definition) is 3. The molecule has 1 aliphatic rings. The highest BCUT2D eigenvalue weighted by molar-refractivity contribution is 6.34. The van der Waals surface area contributed by atoms with Crippen molar-refractivity contribution in [3.05, 3.63) is 59.7 Å². The molecule has 1 N–H and O–H groups in total. The van der Waals surface area contributed by atoms with Gasteiger partial charge in [0, 0.05) is 6.54 Å². The van der Waals surface area contributed by atoms with Gasteiger partial charge in [-0.15, -0.1) is 0 Å². The second kappa shape index (κ2) is 8.62. The van der Waals surface area contributed by atoms with Crippen LogP contribution in [0, 0.1) is 0 Å². The summed E-state index contributed by atoms with van der Waals surface area (Å²) in [7, 11) is 6.06. The molecule has 0 aliphatic heterocycles. The monoisotopic (exact) mass is 364 g/mol. The number of hydrogen-bond donors (Lipinski definition) is 1. The Balaban J connectivity index is 1.63. The molecule has 0 bridgehead atoms. The average Bonchev–Trinajstić information content (AvgIpc) is 3.18. The number of amides is 1. The molecule has 0 radical (unpaired) electrons. The number of rotatable bonds is 7. The first-order valence-electron chi connectivity index (χ1n) is 9.73. The maximum Gasteiger partial charge on any atom is 0.240 e. The highest BCUT2D eigenvalue weighted by Gasteiger charge is 2.42. The summed E-state index contributed by atoms with van der Waals surface area (Å²) in [4.78, 5) is 14.9. The smallest absolute Gasteiger partial charge is 0.240 e. The van der Waals surface area contributed by atoms with Crippen molar-refractivity contribution in [3.8, 4) is 5.75 Å². The summed E-state index contributed by atoms with van der Waals surface area (Å²) in [5.41, 5.74) is 2.95. The van der Waals surface area contributed by atoms with Gasteiger partial charge in [0.2, 0.25) is 5.91 Å². The van der Waals surface area contributed by atoms with E-state index in [4.69, 9.17) is 4.74 Å². The van der Waals surface area contributed by atoms with E-state index in [-0.39, 0.29) is 11.4 Å². The van der Waals surface area contributed by atoms with E-state index in [9.17, 15) is 4.79 Å². The third kappa shape index (κ3) is 4.53. The number of nitrogens with one attached hydrogen (secondary N) is 1. The second-order valence-electron chi connectivity index (χ2n) is 7.69. The van der Waals surface area contributed by atoms with Gasteiger partial charge in [-0.05, 0) is 49.6 Å². The molecule has 2 aromatic rings. The van der Waals surface area contributed by atoms with Crippen molar-refractivity contribution in [1.82, 2.24) is 10.2 Å². The summed E-state index contributed by atoms with van der Waals surface area (Å²) in [6.07, 6.45) is 4.11. The zero-order valence-corrected chi connectivity index (χ0v) is 16.6. The van der Waals surface area contributed by atoms with Crippen LogP contribution in [0.2, 0.25) is 0 Å². The van der Waals surface area contributed by atoms with E-state index >= 15 is 0 Å². The Morgan fingerprint density at radius 3 is 2.48 bits per heavy atom. The van der Waals surface area contributed by atoms with Gasteiger partial charge in [-0.2, -0.15) is 0 Å². The van der Waals surface area contributed by atoms with Crippen LogP contribution in [0.1, 0.15) is 36.8 Å². The summed E-state index contributed by atoms with van der Waals surface area (Å²) in [6.45, 7) is 1.07. The topological polar surface area (TPSA) is 41.6 Å². The molecule has 1 fully saturated rings. The number of carbonyl (C=O) groups is 1. The molecule has 1 aliphatic carbocycles. The van der Waals surface area contributed by atoms with E-state index in [1.54, 1.807) is 0 Å². The lowest BCUT2D eigenvalue weighted by Gasteiger charge is -2.34. The summed E-state index contributed by atoms with van der Waals surface area (Å²) >= 11 is 0. The molecule has 1 saturated carbocycles. The standard InChI is InChI=1S/C22H29BN2O2/c1-25(2)22(12-6-7-13-22)21(26)24-15-18-10-11-19(23)20(14-18)27-16-17-8-4-3-5-9-17/h3-5,8-11,14H,6-7,12-13,15-16,23H2,1-2H3,(H,24,26). The van der Waals surface area contributed by atoms with E-state index < -0.39 is 0 Å². The first-order valence-corrected chi connectivity index (χ1v) is 9.73. The predicted molar refractivity (Wildman–Crippen MR) is 112 cm³/mol. The van der Waals surface area contributed by atoms with Crippen LogP contribution in [0.4, 0.5) is 0 Å². The van der Waals surface area contributed by atoms with Gasteiger partial charge in [0.1, 0.15) is 20.2 Å². The molecule has 0 spiro atoms. The van der Waals surface area contributed by atoms with Crippen LogP contribution < -0.4 is 15.5 Å². The van der Waals surface area contributed by atoms with Crippen molar-refractivity contribution < 1.29 is 9.53 Å². The van der Waals surface area contributed by atoms with Crippen LogP contribution in [0.25, 0.3) is 0 Å². The fourth-order valence-electron chi connectivity index (χ4n) is 3.83. The van der Waals surface area contributed by atoms with Crippen molar-refractivity contribution in [2.24, 2.45) is 0 Å². The van der Waals surface area contributed by atoms with Crippen LogP contribution in [0.15, 0.2) is 48.5 Å². The lowest BCUT2D eigenvalue weighted by molar-refractivity contribution is -0.132.